The number of nitrogens with one attached hydrogen (secondary N) is 2. The van der Waals surface area contributed by atoms with Crippen LogP contribution in [0.2, 0.25) is 5.02 Å². The first-order valence-electron chi connectivity index (χ1n) is 8.27. The summed E-state index contributed by atoms with van der Waals surface area (Å²) in [7, 11) is 0. The summed E-state index contributed by atoms with van der Waals surface area (Å²) in [5, 5.41) is 14.7. The van der Waals surface area contributed by atoms with Crippen LogP contribution in [0.25, 0.3) is 0 Å². The number of hydrogen-bond donors (Lipinski definition) is 2. The molecule has 26 heavy (non-hydrogen) atoms. The molecule has 0 aliphatic heterocycles. The summed E-state index contributed by atoms with van der Waals surface area (Å²) in [6.07, 6.45) is 0. The van der Waals surface area contributed by atoms with Gasteiger partial charge < -0.3 is 10.6 Å². The van der Waals surface area contributed by atoms with Gasteiger partial charge in [0.15, 0.2) is 5.69 Å². The molecule has 0 aliphatic rings. The number of anilines is 1. The number of aryl methyl sites for hydroxylation is 1. The van der Waals surface area contributed by atoms with Crippen LogP contribution in [-0.2, 0) is 13.1 Å². The standard InChI is InChI=1S/C20H19ClN4O/c1-14-6-2-3-7-15(14)12-22-19-11-10-18(24-25-19)20(26)23-13-16-8-4-5-9-17(16)21/h2-11H,12-13H2,1H3,(H,22,25)(H,23,26). The number of nitrogens with zero attached hydrogens (tertiary/aromatic N) is 2. The van der Waals surface area contributed by atoms with Crippen molar-refractivity contribution in [2.75, 3.05) is 5.32 Å². The molecule has 132 valence electrons. The van der Waals surface area contributed by atoms with Crippen molar-refractivity contribution >= 4 is 23.3 Å². The van der Waals surface area contributed by atoms with Crippen molar-refractivity contribution in [3.05, 3.63) is 88.1 Å². The van der Waals surface area contributed by atoms with E-state index in [4.69, 9.17) is 11.6 Å². The van der Waals surface area contributed by atoms with Gasteiger partial charge in [-0.3, -0.25) is 4.79 Å². The van der Waals surface area contributed by atoms with Crippen LogP contribution in [0.15, 0.2) is 60.7 Å². The van der Waals surface area contributed by atoms with E-state index in [0.29, 0.717) is 23.9 Å². The SMILES string of the molecule is Cc1ccccc1CNc1ccc(C(=O)NCc2ccccc2Cl)nn1. The fourth-order valence-electron chi connectivity index (χ4n) is 2.45. The fourth-order valence-corrected chi connectivity index (χ4v) is 2.65. The van der Waals surface area contributed by atoms with Crippen LogP contribution in [0, 0.1) is 6.92 Å². The molecule has 0 fully saturated rings. The zero-order valence-electron chi connectivity index (χ0n) is 14.4. The second-order valence-electron chi connectivity index (χ2n) is 5.86. The largest absolute Gasteiger partial charge is 0.364 e. The minimum Gasteiger partial charge on any atom is -0.364 e. The van der Waals surface area contributed by atoms with Crippen molar-refractivity contribution < 1.29 is 4.79 Å². The molecule has 0 saturated heterocycles. The van der Waals surface area contributed by atoms with Gasteiger partial charge in [-0.25, -0.2) is 0 Å². The fraction of sp³-hybridized carbons (Fsp3) is 0.150. The highest BCUT2D eigenvalue weighted by atomic mass is 35.5. The summed E-state index contributed by atoms with van der Waals surface area (Å²) in [5.41, 5.74) is 3.52. The van der Waals surface area contributed by atoms with Crippen LogP contribution >= 0.6 is 11.6 Å². The number of rotatable bonds is 6. The molecule has 0 aliphatic carbocycles. The number of carbonyl (C=O) groups is 1. The summed E-state index contributed by atoms with van der Waals surface area (Å²) in [5.74, 6) is 0.332. The van der Waals surface area contributed by atoms with Gasteiger partial charge in [0.25, 0.3) is 5.91 Å². The minimum atomic E-state index is -0.289. The number of amides is 1. The molecule has 2 N–H and O–H groups in total. The van der Waals surface area contributed by atoms with E-state index in [9.17, 15) is 4.79 Å². The van der Waals surface area contributed by atoms with Crippen LogP contribution in [-0.4, -0.2) is 16.1 Å². The van der Waals surface area contributed by atoms with Gasteiger partial charge in [0.05, 0.1) is 0 Å². The Kier molecular flexibility index (Phi) is 5.81. The molecule has 6 heteroatoms. The summed E-state index contributed by atoms with van der Waals surface area (Å²) < 4.78 is 0. The lowest BCUT2D eigenvalue weighted by atomic mass is 10.1. The Bertz CT molecular complexity index is 896. The third-order valence-corrected chi connectivity index (χ3v) is 4.38. The Labute approximate surface area is 157 Å². The van der Waals surface area contributed by atoms with Gasteiger partial charge in [0, 0.05) is 18.1 Å². The number of halogens is 1. The van der Waals surface area contributed by atoms with E-state index in [-0.39, 0.29) is 11.6 Å². The lowest BCUT2D eigenvalue weighted by Crippen LogP contribution is -2.24. The molecule has 1 aromatic heterocycles. The minimum absolute atomic E-state index is 0.262. The predicted molar refractivity (Wildman–Crippen MR) is 103 cm³/mol. The number of aromatic nitrogens is 2. The molecule has 0 bridgehead atoms. The van der Waals surface area contributed by atoms with E-state index < -0.39 is 0 Å². The van der Waals surface area contributed by atoms with Crippen LogP contribution in [0.4, 0.5) is 5.82 Å². The number of carbonyl (C=O) groups excluding carboxylic acids is 1. The Hall–Kier alpha value is -2.92. The van der Waals surface area contributed by atoms with Gasteiger partial charge in [0.1, 0.15) is 5.82 Å². The highest BCUT2D eigenvalue weighted by Crippen LogP contribution is 2.14. The first-order chi connectivity index (χ1) is 12.6. The molecule has 0 unspecified atom stereocenters. The van der Waals surface area contributed by atoms with Gasteiger partial charge in [-0.2, -0.15) is 0 Å². The van der Waals surface area contributed by atoms with Crippen molar-refractivity contribution in [1.82, 2.24) is 15.5 Å². The molecule has 0 radical (unpaired) electrons. The zero-order valence-corrected chi connectivity index (χ0v) is 15.1. The molecule has 0 saturated carbocycles. The Balaban J connectivity index is 1.56. The van der Waals surface area contributed by atoms with Crippen molar-refractivity contribution in [2.24, 2.45) is 0 Å². The van der Waals surface area contributed by atoms with Crippen molar-refractivity contribution in [1.29, 1.82) is 0 Å². The first kappa shape index (κ1) is 17.9. The number of hydrogen-bond acceptors (Lipinski definition) is 4. The molecule has 3 aromatic rings. The monoisotopic (exact) mass is 366 g/mol. The average Bonchev–Trinajstić information content (AvgIpc) is 2.67. The highest BCUT2D eigenvalue weighted by Gasteiger charge is 2.09. The molecule has 1 heterocycles. The third-order valence-electron chi connectivity index (χ3n) is 4.02. The molecule has 1 amide bonds. The van der Waals surface area contributed by atoms with Gasteiger partial charge in [0.2, 0.25) is 0 Å². The lowest BCUT2D eigenvalue weighted by Gasteiger charge is -2.09. The summed E-state index contributed by atoms with van der Waals surface area (Å²) in [6, 6.07) is 18.9. The average molecular weight is 367 g/mol. The van der Waals surface area contributed by atoms with E-state index in [1.54, 1.807) is 18.2 Å². The lowest BCUT2D eigenvalue weighted by molar-refractivity contribution is 0.0945. The van der Waals surface area contributed by atoms with Gasteiger partial charge in [-0.15, -0.1) is 10.2 Å². The van der Waals surface area contributed by atoms with Crippen LogP contribution in [0.1, 0.15) is 27.2 Å². The summed E-state index contributed by atoms with van der Waals surface area (Å²) in [6.45, 7) is 3.06. The van der Waals surface area contributed by atoms with Gasteiger partial charge in [-0.05, 0) is 41.8 Å². The smallest absolute Gasteiger partial charge is 0.272 e. The Morgan fingerprint density at radius 3 is 2.35 bits per heavy atom. The Morgan fingerprint density at radius 2 is 1.65 bits per heavy atom. The van der Waals surface area contributed by atoms with Crippen molar-refractivity contribution in [2.45, 2.75) is 20.0 Å². The van der Waals surface area contributed by atoms with Crippen molar-refractivity contribution in [3.63, 3.8) is 0 Å². The van der Waals surface area contributed by atoms with E-state index in [1.807, 2.05) is 30.3 Å². The van der Waals surface area contributed by atoms with Gasteiger partial charge >= 0.3 is 0 Å². The third kappa shape index (κ3) is 4.58. The molecular formula is C20H19ClN4O. The van der Waals surface area contributed by atoms with Crippen LogP contribution in [0.3, 0.4) is 0 Å². The second-order valence-corrected chi connectivity index (χ2v) is 6.27. The highest BCUT2D eigenvalue weighted by molar-refractivity contribution is 6.31. The van der Waals surface area contributed by atoms with Crippen LogP contribution in [0.5, 0.6) is 0 Å². The van der Waals surface area contributed by atoms with Gasteiger partial charge in [-0.1, -0.05) is 54.1 Å². The maximum Gasteiger partial charge on any atom is 0.272 e. The van der Waals surface area contributed by atoms with E-state index in [0.717, 1.165) is 5.56 Å². The molecule has 5 nitrogen and oxygen atoms in total. The number of benzene rings is 2. The van der Waals surface area contributed by atoms with Crippen LogP contribution < -0.4 is 10.6 Å². The normalized spacial score (nSPS) is 10.4. The quantitative estimate of drug-likeness (QED) is 0.692. The molecule has 2 aromatic carbocycles. The first-order valence-corrected chi connectivity index (χ1v) is 8.65. The summed E-state index contributed by atoms with van der Waals surface area (Å²) in [4.78, 5) is 12.2. The zero-order chi connectivity index (χ0) is 18.4. The predicted octanol–water partition coefficient (Wildman–Crippen LogP) is 3.98. The molecular weight excluding hydrogens is 348 g/mol. The molecule has 3 rings (SSSR count). The maximum atomic E-state index is 12.2. The van der Waals surface area contributed by atoms with E-state index in [2.05, 4.69) is 39.9 Å². The van der Waals surface area contributed by atoms with E-state index >= 15 is 0 Å². The Morgan fingerprint density at radius 1 is 0.923 bits per heavy atom. The van der Waals surface area contributed by atoms with Crippen molar-refractivity contribution in [3.8, 4) is 0 Å². The second kappa shape index (κ2) is 8.45. The maximum absolute atomic E-state index is 12.2. The topological polar surface area (TPSA) is 66.9 Å². The van der Waals surface area contributed by atoms with E-state index in [1.165, 1.54) is 11.1 Å². The molecule has 0 spiro atoms. The molecule has 0 atom stereocenters. The summed E-state index contributed by atoms with van der Waals surface area (Å²) >= 11 is 6.08.